The summed E-state index contributed by atoms with van der Waals surface area (Å²) in [5, 5.41) is -0.0960. The number of fused-ring (bicyclic) bond motifs is 14. The van der Waals surface area contributed by atoms with Crippen LogP contribution in [0, 0.1) is 0 Å². The Morgan fingerprint density at radius 1 is 0.328 bits per heavy atom. The summed E-state index contributed by atoms with van der Waals surface area (Å²) in [5.41, 5.74) is -21.1. The third kappa shape index (κ3) is 5.63. The summed E-state index contributed by atoms with van der Waals surface area (Å²) in [7, 11) is 0. The van der Waals surface area contributed by atoms with Crippen LogP contribution in [0.3, 0.4) is 0 Å². The molecule has 1 aromatic heterocycles. The average Bonchev–Trinajstić information content (AvgIpc) is 1.48. The molecule has 0 aliphatic heterocycles. The Labute approximate surface area is 445 Å². The number of hydrogen-bond acceptors (Lipinski definition) is 2. The van der Waals surface area contributed by atoms with E-state index in [2.05, 4.69) is 5.32 Å². The van der Waals surface area contributed by atoms with E-state index in [0.717, 1.165) is 0 Å². The zero-order valence-electron chi connectivity index (χ0n) is 73.4. The highest BCUT2D eigenvalue weighted by Crippen LogP contribution is 2.63. The summed E-state index contributed by atoms with van der Waals surface area (Å²) in [6.45, 7) is 0. The number of benzene rings is 11. The molecule has 0 radical (unpaired) electrons. The Bertz CT molecular complexity index is 6200. The van der Waals surface area contributed by atoms with Crippen LogP contribution in [0.15, 0.2) is 246 Å². The van der Waals surface area contributed by atoms with Crippen molar-refractivity contribution < 1.29 is 59.2 Å². The molecule has 0 bridgehead atoms. The molecule has 312 valence electrons. The molecule has 0 amide bonds. The molecule has 1 N–H and O–H groups in total. The summed E-state index contributed by atoms with van der Waals surface area (Å²) >= 11 is 0. The zero-order valence-corrected chi connectivity index (χ0v) is 33.4. The van der Waals surface area contributed by atoms with E-state index in [9.17, 15) is 30.2 Å². The van der Waals surface area contributed by atoms with Gasteiger partial charge in [0.05, 0.1) is 60.2 Å². The van der Waals surface area contributed by atoms with Crippen molar-refractivity contribution in [2.75, 3.05) is 5.32 Å². The predicted octanol–water partition coefficient (Wildman–Crippen LogP) is 17.5. The first-order valence-electron chi connectivity index (χ1n) is 39.9. The van der Waals surface area contributed by atoms with Gasteiger partial charge in [-0.3, -0.25) is 0 Å². The molecule has 0 unspecified atom stereocenters. The highest BCUT2D eigenvalue weighted by Gasteiger charge is 2.51. The Morgan fingerprint density at radius 2 is 0.896 bits per heavy atom. The molecule has 0 saturated heterocycles. The van der Waals surface area contributed by atoms with Crippen LogP contribution in [0.1, 0.15) is 77.1 Å². The van der Waals surface area contributed by atoms with Crippen molar-refractivity contribution in [1.29, 1.82) is 0 Å². The van der Waals surface area contributed by atoms with Crippen LogP contribution in [0.5, 0.6) is 0 Å². The Balaban J connectivity index is 1.13. The smallest absolute Gasteiger partial charge is 0.136 e. The van der Waals surface area contributed by atoms with Gasteiger partial charge in [-0.05, 0) is 143 Å². The van der Waals surface area contributed by atoms with Gasteiger partial charge in [0.25, 0.3) is 0 Å². The highest BCUT2D eigenvalue weighted by atomic mass is 16.3. The number of hydrogen-bond donors (Lipinski definition) is 1. The predicted molar refractivity (Wildman–Crippen MR) is 279 cm³/mol. The monoisotopic (exact) mass is 892 g/mol. The number of rotatable bonds is 6. The number of para-hydroxylation sites is 1. The Hall–Kier alpha value is -8.72. The van der Waals surface area contributed by atoms with Crippen molar-refractivity contribution in [2.24, 2.45) is 0 Å². The summed E-state index contributed by atoms with van der Waals surface area (Å²) < 4.78 is 378. The molecule has 1 spiro atoms. The maximum absolute atomic E-state index is 10.7. The minimum atomic E-state index is -3.06. The van der Waals surface area contributed by atoms with Crippen LogP contribution in [-0.4, -0.2) is 0 Å². The first-order valence-corrected chi connectivity index (χ1v) is 19.9. The van der Waals surface area contributed by atoms with E-state index in [4.69, 9.17) is 29.1 Å². The molecule has 0 fully saturated rings. The third-order valence-electron chi connectivity index (χ3n) is 11.4. The summed E-state index contributed by atoms with van der Waals surface area (Å²) in [6.07, 6.45) is 0. The second kappa shape index (κ2) is 14.7. The van der Waals surface area contributed by atoms with Crippen molar-refractivity contribution in [3.05, 3.63) is 264 Å². The van der Waals surface area contributed by atoms with E-state index in [1.54, 1.807) is 0 Å². The van der Waals surface area contributed by atoms with Crippen LogP contribution in [0.2, 0.25) is 0 Å². The van der Waals surface area contributed by atoms with E-state index in [1.807, 2.05) is 0 Å². The first kappa shape index (κ1) is 15.4. The van der Waals surface area contributed by atoms with E-state index < -0.39 is 380 Å². The third-order valence-corrected chi connectivity index (χ3v) is 11.4. The van der Waals surface area contributed by atoms with Gasteiger partial charge in [0.1, 0.15) is 11.2 Å². The summed E-state index contributed by atoms with van der Waals surface area (Å²) in [6, 6.07) is -43.2. The number of furan rings is 1. The molecule has 0 atom stereocenters. The van der Waals surface area contributed by atoms with E-state index in [1.165, 1.54) is 0 Å². The van der Waals surface area contributed by atoms with Crippen molar-refractivity contribution in [1.82, 2.24) is 0 Å². The summed E-state index contributed by atoms with van der Waals surface area (Å²) in [4.78, 5) is 0. The molecule has 14 rings (SSSR count). The van der Waals surface area contributed by atoms with Crippen molar-refractivity contribution in [2.45, 2.75) is 5.41 Å². The lowest BCUT2D eigenvalue weighted by Crippen LogP contribution is -2.25. The Kier molecular flexibility index (Phi) is 3.38. The van der Waals surface area contributed by atoms with Gasteiger partial charge >= 0.3 is 0 Å². The minimum Gasteiger partial charge on any atom is -0.456 e. The SMILES string of the molecule is [2H]c1c([2H])c([2H])c(-c2c([2H])c([2H])c(Nc3c([2H])c([2H])c(-c4c([2H])c([2H])c5c([2H])c([2H])c([2H])c([2H])c5c4-c4c([2H])c([2H])c5c(oc6c([2H])c([2H])c([2H])c([2H])c65)c4[2H])c([2H])c3[2H])c(-c3c([2H])c([2H])c4c(c3[2H])C3(c5c([2H])c([2H])c([2H])c([2H])c5-c5c([2H])c([2H])c([2H])c([2H])c53)c3c([2H])c([2H])c([2H])c([2H])c3-4)c2[2H])c([2H])c1[2H]. The molecule has 2 heteroatoms. The maximum Gasteiger partial charge on any atom is 0.136 e. The molecule has 11 aromatic carbocycles. The normalized spacial score (nSPS) is 21.3. The van der Waals surface area contributed by atoms with Gasteiger partial charge in [-0.15, -0.1) is 0 Å². The molecule has 0 saturated carbocycles. The van der Waals surface area contributed by atoms with E-state index >= 15 is 0 Å². The van der Waals surface area contributed by atoms with Gasteiger partial charge in [-0.25, -0.2) is 0 Å². The molecule has 1 heterocycles. The molecular formula is C65H41NO. The lowest BCUT2D eigenvalue weighted by atomic mass is 9.70. The van der Waals surface area contributed by atoms with Crippen LogP contribution in [0.4, 0.5) is 11.4 Å². The molecular weight excluding hydrogens is 811 g/mol. The lowest BCUT2D eigenvalue weighted by Gasteiger charge is -2.30. The fourth-order valence-corrected chi connectivity index (χ4v) is 8.67. The number of anilines is 2. The van der Waals surface area contributed by atoms with Gasteiger partial charge < -0.3 is 9.73 Å². The standard InChI is InChI=1S/C65H41NO/c1-2-14-41(15-3-1)44-31-37-61(56(38-44)45-29-35-53-52-20-8-12-24-59(52)65(60(53)39-45)57-22-10-6-18-50(57)51-19-7-11-23-58(51)65)66-47-32-26-43(27-33-47)49-34-28-42-16-4-5-17-48(42)64(49)46-30-36-55-54-21-9-13-25-62(54)67-63(55)40-46/h1-40,66H/i1D,2D,3D,4D,5D,6D,7D,8D,9D,10D,11D,12D,13D,14D,15D,16D,17D,18D,19D,20D,21D,22D,23D,24D,25D,26D,27D,28D,29D,30D,31D,32D,33D,34D,35D,36D,37D,38D,39D,40D. The number of nitrogens with one attached hydrogen (secondary N) is 1. The van der Waals surface area contributed by atoms with Crippen LogP contribution >= 0.6 is 0 Å². The summed E-state index contributed by atoms with van der Waals surface area (Å²) in [5.74, 6) is 0. The highest BCUT2D eigenvalue weighted by molar-refractivity contribution is 6.09. The van der Waals surface area contributed by atoms with Gasteiger partial charge in [0.2, 0.25) is 0 Å². The van der Waals surface area contributed by atoms with Crippen molar-refractivity contribution >= 4 is 44.1 Å². The van der Waals surface area contributed by atoms with Gasteiger partial charge in [-0.2, -0.15) is 0 Å². The maximum atomic E-state index is 10.7. The van der Waals surface area contributed by atoms with Gasteiger partial charge in [0, 0.05) is 27.7 Å². The van der Waals surface area contributed by atoms with Crippen molar-refractivity contribution in [3.8, 4) is 66.8 Å². The largest absolute Gasteiger partial charge is 0.456 e. The molecule has 2 nitrogen and oxygen atoms in total. The first-order chi connectivity index (χ1) is 49.9. The van der Waals surface area contributed by atoms with Crippen LogP contribution in [0.25, 0.3) is 99.5 Å². The molecule has 2 aliphatic carbocycles. The van der Waals surface area contributed by atoms with Gasteiger partial charge in [-0.1, -0.05) is 193 Å². The van der Waals surface area contributed by atoms with Gasteiger partial charge in [0.15, 0.2) is 0 Å². The fraction of sp³-hybridized carbons (Fsp3) is 0.0154. The zero-order chi connectivity index (χ0) is 78.9. The van der Waals surface area contributed by atoms with E-state index in [-0.39, 0.29) is 0 Å². The second-order valence-electron chi connectivity index (χ2n) is 14.9. The van der Waals surface area contributed by atoms with E-state index in [0.29, 0.717) is 0 Å². The molecule has 12 aromatic rings. The van der Waals surface area contributed by atoms with Crippen molar-refractivity contribution in [3.63, 3.8) is 0 Å². The molecule has 67 heavy (non-hydrogen) atoms. The quantitative estimate of drug-likeness (QED) is 0.180. The minimum absolute atomic E-state index is 0.470. The lowest BCUT2D eigenvalue weighted by molar-refractivity contribution is 0.669. The average molecular weight is 892 g/mol. The molecule has 2 aliphatic rings. The fourth-order valence-electron chi connectivity index (χ4n) is 8.67. The topological polar surface area (TPSA) is 25.2 Å². The van der Waals surface area contributed by atoms with Crippen LogP contribution < -0.4 is 5.32 Å². The van der Waals surface area contributed by atoms with Crippen LogP contribution in [-0.2, 0) is 5.41 Å². The Morgan fingerprint density at radius 3 is 1.64 bits per heavy atom. The second-order valence-corrected chi connectivity index (χ2v) is 14.9.